The number of likely N-dealkylation sites (N-methyl/N-ethyl adjacent to an activating group) is 1. The second kappa shape index (κ2) is 8.44. The first kappa shape index (κ1) is 19.9. The standard InChI is InChI=1S/C22H28N4O2/c1-5-26(6-2)10-9-23-21(27)17-12-16(24-15(17)4)13-19-18-11-14(3)7-8-20(18)25-22(19)28/h7-8,11-13,24H,5-6,9-10H2,1-4H3,(H,23,27)(H,25,28)/b19-13-. The fraction of sp³-hybridized carbons (Fsp3) is 0.364. The van der Waals surface area contributed by atoms with Gasteiger partial charge in [-0.3, -0.25) is 9.59 Å². The van der Waals surface area contributed by atoms with Crippen LogP contribution in [-0.4, -0.2) is 47.9 Å². The molecule has 2 aromatic rings. The number of hydrogen-bond donors (Lipinski definition) is 3. The van der Waals surface area contributed by atoms with Crippen LogP contribution in [0.15, 0.2) is 24.3 Å². The van der Waals surface area contributed by atoms with E-state index in [4.69, 9.17) is 0 Å². The molecule has 6 heteroatoms. The molecular weight excluding hydrogens is 352 g/mol. The summed E-state index contributed by atoms with van der Waals surface area (Å²) in [4.78, 5) is 30.4. The van der Waals surface area contributed by atoms with Crippen LogP contribution in [0.4, 0.5) is 5.69 Å². The van der Waals surface area contributed by atoms with Crippen molar-refractivity contribution in [2.75, 3.05) is 31.5 Å². The highest BCUT2D eigenvalue weighted by atomic mass is 16.2. The minimum Gasteiger partial charge on any atom is -0.358 e. The lowest BCUT2D eigenvalue weighted by atomic mass is 10.0. The number of amides is 2. The molecule has 0 aliphatic carbocycles. The van der Waals surface area contributed by atoms with Gasteiger partial charge in [0.1, 0.15) is 0 Å². The lowest BCUT2D eigenvalue weighted by molar-refractivity contribution is -0.110. The molecule has 3 N–H and O–H groups in total. The van der Waals surface area contributed by atoms with E-state index in [0.29, 0.717) is 17.7 Å². The Kier molecular flexibility index (Phi) is 5.99. The number of anilines is 1. The molecule has 0 saturated carbocycles. The Morgan fingerprint density at radius 3 is 2.64 bits per heavy atom. The number of carbonyl (C=O) groups excluding carboxylic acids is 2. The SMILES string of the molecule is CCN(CC)CCNC(=O)c1cc(/C=C2\C(=O)Nc3ccc(C)cc32)[nH]c1C. The summed E-state index contributed by atoms with van der Waals surface area (Å²) in [7, 11) is 0. The number of aromatic amines is 1. The van der Waals surface area contributed by atoms with Crippen molar-refractivity contribution in [2.24, 2.45) is 0 Å². The van der Waals surface area contributed by atoms with E-state index >= 15 is 0 Å². The maximum Gasteiger partial charge on any atom is 0.256 e. The minimum absolute atomic E-state index is 0.0994. The summed E-state index contributed by atoms with van der Waals surface area (Å²) in [6, 6.07) is 7.69. The van der Waals surface area contributed by atoms with E-state index in [1.165, 1.54) is 0 Å². The summed E-state index contributed by atoms with van der Waals surface area (Å²) >= 11 is 0. The summed E-state index contributed by atoms with van der Waals surface area (Å²) in [5, 5.41) is 5.86. The third kappa shape index (κ3) is 4.17. The molecule has 28 heavy (non-hydrogen) atoms. The monoisotopic (exact) mass is 380 g/mol. The Labute approximate surface area is 166 Å². The first-order valence-electron chi connectivity index (χ1n) is 9.77. The van der Waals surface area contributed by atoms with Crippen LogP contribution in [-0.2, 0) is 4.79 Å². The number of benzene rings is 1. The predicted molar refractivity (Wildman–Crippen MR) is 113 cm³/mol. The number of rotatable bonds is 7. The van der Waals surface area contributed by atoms with Gasteiger partial charge >= 0.3 is 0 Å². The summed E-state index contributed by atoms with van der Waals surface area (Å²) in [6.45, 7) is 11.5. The van der Waals surface area contributed by atoms with Crippen LogP contribution < -0.4 is 10.6 Å². The first-order chi connectivity index (χ1) is 13.4. The number of carbonyl (C=O) groups is 2. The van der Waals surface area contributed by atoms with Crippen molar-refractivity contribution in [1.82, 2.24) is 15.2 Å². The highest BCUT2D eigenvalue weighted by Gasteiger charge is 2.24. The van der Waals surface area contributed by atoms with Crippen LogP contribution >= 0.6 is 0 Å². The maximum absolute atomic E-state index is 12.5. The molecule has 1 aromatic carbocycles. The fourth-order valence-corrected chi connectivity index (χ4v) is 3.46. The molecule has 0 saturated heterocycles. The van der Waals surface area contributed by atoms with E-state index in [1.54, 1.807) is 12.1 Å². The Morgan fingerprint density at radius 2 is 1.93 bits per heavy atom. The van der Waals surface area contributed by atoms with Gasteiger partial charge in [-0.25, -0.2) is 0 Å². The average molecular weight is 380 g/mol. The van der Waals surface area contributed by atoms with Crippen molar-refractivity contribution in [3.63, 3.8) is 0 Å². The lowest BCUT2D eigenvalue weighted by Crippen LogP contribution is -2.34. The summed E-state index contributed by atoms with van der Waals surface area (Å²) in [6.07, 6.45) is 1.81. The quantitative estimate of drug-likeness (QED) is 0.646. The molecule has 1 aliphatic rings. The Bertz CT molecular complexity index is 923. The summed E-state index contributed by atoms with van der Waals surface area (Å²) in [5.74, 6) is -0.226. The molecule has 1 aromatic heterocycles. The number of nitrogens with zero attached hydrogens (tertiary/aromatic N) is 1. The zero-order valence-corrected chi connectivity index (χ0v) is 17.0. The zero-order valence-electron chi connectivity index (χ0n) is 17.0. The summed E-state index contributed by atoms with van der Waals surface area (Å²) < 4.78 is 0. The molecule has 0 radical (unpaired) electrons. The third-order valence-electron chi connectivity index (χ3n) is 5.15. The van der Waals surface area contributed by atoms with E-state index in [2.05, 4.69) is 34.4 Å². The topological polar surface area (TPSA) is 77.2 Å². The predicted octanol–water partition coefficient (Wildman–Crippen LogP) is 3.20. The van der Waals surface area contributed by atoms with Gasteiger partial charge < -0.3 is 20.5 Å². The van der Waals surface area contributed by atoms with Gasteiger partial charge in [0.15, 0.2) is 0 Å². The van der Waals surface area contributed by atoms with Crippen LogP contribution in [0.25, 0.3) is 11.6 Å². The largest absolute Gasteiger partial charge is 0.358 e. The molecule has 0 atom stereocenters. The number of aryl methyl sites for hydroxylation is 2. The highest BCUT2D eigenvalue weighted by molar-refractivity contribution is 6.34. The third-order valence-corrected chi connectivity index (χ3v) is 5.15. The van der Waals surface area contributed by atoms with Crippen LogP contribution in [0.3, 0.4) is 0 Å². The van der Waals surface area contributed by atoms with Crippen molar-refractivity contribution in [3.05, 3.63) is 52.3 Å². The van der Waals surface area contributed by atoms with Crippen molar-refractivity contribution < 1.29 is 9.59 Å². The Balaban J connectivity index is 1.76. The fourth-order valence-electron chi connectivity index (χ4n) is 3.46. The molecule has 148 valence electrons. The molecule has 3 rings (SSSR count). The molecule has 1 aliphatic heterocycles. The van der Waals surface area contributed by atoms with E-state index in [1.807, 2.05) is 32.0 Å². The van der Waals surface area contributed by atoms with Crippen LogP contribution in [0.2, 0.25) is 0 Å². The first-order valence-corrected chi connectivity index (χ1v) is 9.77. The Hall–Kier alpha value is -2.86. The Morgan fingerprint density at radius 1 is 1.18 bits per heavy atom. The van der Waals surface area contributed by atoms with Crippen LogP contribution in [0.5, 0.6) is 0 Å². The van der Waals surface area contributed by atoms with Gasteiger partial charge in [-0.15, -0.1) is 0 Å². The smallest absolute Gasteiger partial charge is 0.256 e. The summed E-state index contributed by atoms with van der Waals surface area (Å²) in [5.41, 5.74) is 5.54. The van der Waals surface area contributed by atoms with Gasteiger partial charge in [-0.2, -0.15) is 0 Å². The number of H-pyrrole nitrogens is 1. The molecule has 2 amide bonds. The van der Waals surface area contributed by atoms with E-state index in [0.717, 1.165) is 47.8 Å². The number of hydrogen-bond acceptors (Lipinski definition) is 3. The normalized spacial score (nSPS) is 14.5. The molecular formula is C22H28N4O2. The zero-order chi connectivity index (χ0) is 20.3. The van der Waals surface area contributed by atoms with Gasteiger partial charge in [-0.05, 0) is 51.2 Å². The van der Waals surface area contributed by atoms with Gasteiger partial charge in [0.2, 0.25) is 0 Å². The van der Waals surface area contributed by atoms with Crippen molar-refractivity contribution in [2.45, 2.75) is 27.7 Å². The van der Waals surface area contributed by atoms with Gasteiger partial charge in [0.05, 0.1) is 11.1 Å². The molecule has 0 spiro atoms. The van der Waals surface area contributed by atoms with Crippen molar-refractivity contribution >= 4 is 29.2 Å². The molecule has 6 nitrogen and oxygen atoms in total. The van der Waals surface area contributed by atoms with Crippen LogP contribution in [0, 0.1) is 13.8 Å². The number of aromatic nitrogens is 1. The number of nitrogens with one attached hydrogen (secondary N) is 3. The average Bonchev–Trinajstić information content (AvgIpc) is 3.19. The molecule has 0 unspecified atom stereocenters. The van der Waals surface area contributed by atoms with Gasteiger partial charge in [-0.1, -0.05) is 25.5 Å². The highest BCUT2D eigenvalue weighted by Crippen LogP contribution is 2.33. The number of fused-ring (bicyclic) bond motifs is 1. The van der Waals surface area contributed by atoms with E-state index < -0.39 is 0 Å². The lowest BCUT2D eigenvalue weighted by Gasteiger charge is -2.17. The van der Waals surface area contributed by atoms with E-state index in [-0.39, 0.29) is 11.8 Å². The maximum atomic E-state index is 12.5. The molecule has 0 fully saturated rings. The second-order valence-electron chi connectivity index (χ2n) is 7.11. The molecule has 2 heterocycles. The van der Waals surface area contributed by atoms with Crippen molar-refractivity contribution in [3.8, 4) is 0 Å². The molecule has 0 bridgehead atoms. The second-order valence-corrected chi connectivity index (χ2v) is 7.11. The minimum atomic E-state index is -0.127. The van der Waals surface area contributed by atoms with Crippen LogP contribution in [0.1, 0.15) is 46.7 Å². The van der Waals surface area contributed by atoms with Gasteiger partial charge in [0.25, 0.3) is 11.8 Å². The van der Waals surface area contributed by atoms with E-state index in [9.17, 15) is 9.59 Å². The van der Waals surface area contributed by atoms with Gasteiger partial charge in [0, 0.05) is 35.7 Å². The van der Waals surface area contributed by atoms with Crippen molar-refractivity contribution in [1.29, 1.82) is 0 Å².